The maximum atomic E-state index is 12.3. The van der Waals surface area contributed by atoms with Gasteiger partial charge >= 0.3 is 5.97 Å². The molecule has 3 aromatic carbocycles. The summed E-state index contributed by atoms with van der Waals surface area (Å²) in [5.74, 6) is -0.324. The second-order valence-electron chi connectivity index (χ2n) is 7.61. The molecule has 0 atom stereocenters. The number of para-hydroxylation sites is 1. The second kappa shape index (κ2) is 9.50. The molecule has 8 heteroatoms. The predicted molar refractivity (Wildman–Crippen MR) is 126 cm³/mol. The fraction of sp³-hybridized carbons (Fsp3) is 0.115. The summed E-state index contributed by atoms with van der Waals surface area (Å²) in [6.45, 7) is 2.16. The third-order valence-corrected chi connectivity index (χ3v) is 5.27. The van der Waals surface area contributed by atoms with E-state index < -0.39 is 0 Å². The van der Waals surface area contributed by atoms with Crippen LogP contribution >= 0.6 is 0 Å². The van der Waals surface area contributed by atoms with Gasteiger partial charge in [-0.05, 0) is 36.0 Å². The van der Waals surface area contributed by atoms with Gasteiger partial charge in [0.15, 0.2) is 6.20 Å². The quantitative estimate of drug-likeness (QED) is 0.279. The molecule has 0 unspecified atom stereocenters. The van der Waals surface area contributed by atoms with E-state index in [2.05, 4.69) is 10.3 Å². The molecule has 0 spiro atoms. The van der Waals surface area contributed by atoms with Crippen LogP contribution in [0.3, 0.4) is 0 Å². The summed E-state index contributed by atoms with van der Waals surface area (Å²) in [6.07, 6.45) is 3.74. The molecule has 2 heterocycles. The molecule has 0 saturated heterocycles. The Morgan fingerprint density at radius 3 is 2.35 bits per heavy atom. The van der Waals surface area contributed by atoms with Crippen LogP contribution in [0.4, 0.5) is 0 Å². The lowest BCUT2D eigenvalue weighted by molar-refractivity contribution is -0.760. The highest BCUT2D eigenvalue weighted by atomic mass is 16.5. The van der Waals surface area contributed by atoms with Gasteiger partial charge < -0.3 is 4.74 Å². The number of esters is 1. The molecule has 0 N–H and O–H groups in total. The van der Waals surface area contributed by atoms with Crippen molar-refractivity contribution in [2.24, 2.45) is 0 Å². The lowest BCUT2D eigenvalue weighted by Gasteiger charge is -2.04. The summed E-state index contributed by atoms with van der Waals surface area (Å²) in [5.41, 5.74) is 5.06. The monoisotopic (exact) mass is 451 g/mol. The first-order valence-electron chi connectivity index (χ1n) is 11.0. The van der Waals surface area contributed by atoms with E-state index in [0.29, 0.717) is 6.61 Å². The molecule has 0 saturated carbocycles. The number of ether oxygens (including phenoxy) is 1. The predicted octanol–water partition coefficient (Wildman–Crippen LogP) is 3.64. The van der Waals surface area contributed by atoms with Crippen LogP contribution in [0.5, 0.6) is 0 Å². The fourth-order valence-corrected chi connectivity index (χ4v) is 3.67. The Morgan fingerprint density at radius 2 is 1.59 bits per heavy atom. The normalized spacial score (nSPS) is 10.9. The highest BCUT2D eigenvalue weighted by Crippen LogP contribution is 2.21. The molecule has 0 bridgehead atoms. The van der Waals surface area contributed by atoms with Crippen molar-refractivity contribution in [1.29, 1.82) is 0 Å². The Hall–Kier alpha value is -4.59. The van der Waals surface area contributed by atoms with Crippen molar-refractivity contribution in [2.45, 2.75) is 13.5 Å². The van der Waals surface area contributed by atoms with Crippen molar-refractivity contribution in [3.63, 3.8) is 0 Å². The van der Waals surface area contributed by atoms with E-state index in [1.807, 2.05) is 97.3 Å². The standard InChI is InChI=1S/C26H23N6O2/c1-2-34-26(33)19-30-17-25(20-10-5-3-6-11-20)28-32(30)23-15-9-12-21(16-23)24-18-31(29-27-24)22-13-7-4-8-14-22/h3-18H,2,19H2,1H3/q+1. The minimum Gasteiger partial charge on any atom is -0.463 e. The summed E-state index contributed by atoms with van der Waals surface area (Å²) < 4.78 is 8.66. The molecule has 5 aromatic rings. The Bertz CT molecular complexity index is 1410. The summed E-state index contributed by atoms with van der Waals surface area (Å²) in [7, 11) is 0. The van der Waals surface area contributed by atoms with Crippen molar-refractivity contribution in [1.82, 2.24) is 24.9 Å². The number of aromatic nitrogens is 6. The van der Waals surface area contributed by atoms with Gasteiger partial charge in [0.2, 0.25) is 12.2 Å². The minimum absolute atomic E-state index is 0.0437. The van der Waals surface area contributed by atoms with E-state index in [1.54, 1.807) is 21.1 Å². The lowest BCUT2D eigenvalue weighted by atomic mass is 10.1. The summed E-state index contributed by atoms with van der Waals surface area (Å²) in [4.78, 5) is 14.0. The zero-order valence-corrected chi connectivity index (χ0v) is 18.7. The third kappa shape index (κ3) is 4.47. The van der Waals surface area contributed by atoms with Crippen molar-refractivity contribution in [3.05, 3.63) is 97.3 Å². The Morgan fingerprint density at radius 1 is 0.882 bits per heavy atom. The van der Waals surface area contributed by atoms with Gasteiger partial charge in [-0.2, -0.15) is 0 Å². The van der Waals surface area contributed by atoms with Gasteiger partial charge in [-0.1, -0.05) is 65.9 Å². The number of hydrogen-bond donors (Lipinski definition) is 0. The molecule has 0 aliphatic rings. The number of carbonyl (C=O) groups excluding carboxylic acids is 1. The summed E-state index contributed by atoms with van der Waals surface area (Å²) in [6, 6.07) is 27.5. The van der Waals surface area contributed by atoms with Crippen LogP contribution in [0.25, 0.3) is 33.9 Å². The van der Waals surface area contributed by atoms with Gasteiger partial charge in [0.1, 0.15) is 11.4 Å². The van der Waals surface area contributed by atoms with Gasteiger partial charge in [-0.25, -0.2) is 9.48 Å². The first-order chi connectivity index (χ1) is 16.7. The van der Waals surface area contributed by atoms with Crippen LogP contribution in [-0.4, -0.2) is 37.5 Å². The number of rotatable bonds is 7. The number of benzene rings is 3. The van der Waals surface area contributed by atoms with E-state index in [1.165, 1.54) is 0 Å². The van der Waals surface area contributed by atoms with Gasteiger partial charge in [0, 0.05) is 11.1 Å². The molecule has 0 aliphatic heterocycles. The van der Waals surface area contributed by atoms with Crippen molar-refractivity contribution in [3.8, 4) is 33.9 Å². The van der Waals surface area contributed by atoms with Gasteiger partial charge in [-0.3, -0.25) is 0 Å². The molecule has 0 aliphatic carbocycles. The average molecular weight is 452 g/mol. The molecular formula is C26H23N6O2+. The van der Waals surface area contributed by atoms with Crippen molar-refractivity contribution >= 4 is 5.97 Å². The highest BCUT2D eigenvalue weighted by molar-refractivity contribution is 5.67. The number of nitrogens with zero attached hydrogens (tertiary/aromatic N) is 6. The van der Waals surface area contributed by atoms with E-state index >= 15 is 0 Å². The molecule has 0 amide bonds. The molecule has 34 heavy (non-hydrogen) atoms. The van der Waals surface area contributed by atoms with E-state index in [4.69, 9.17) is 9.84 Å². The van der Waals surface area contributed by atoms with E-state index in [0.717, 1.165) is 33.9 Å². The molecular weight excluding hydrogens is 428 g/mol. The van der Waals surface area contributed by atoms with E-state index in [9.17, 15) is 4.79 Å². The van der Waals surface area contributed by atoms with Crippen LogP contribution in [0.1, 0.15) is 6.92 Å². The first kappa shape index (κ1) is 21.3. The minimum atomic E-state index is -0.324. The Balaban J connectivity index is 1.52. The smallest absolute Gasteiger partial charge is 0.350 e. The van der Waals surface area contributed by atoms with Crippen LogP contribution < -0.4 is 4.68 Å². The second-order valence-corrected chi connectivity index (χ2v) is 7.61. The highest BCUT2D eigenvalue weighted by Gasteiger charge is 2.22. The van der Waals surface area contributed by atoms with Crippen molar-refractivity contribution in [2.75, 3.05) is 6.61 Å². The first-order valence-corrected chi connectivity index (χ1v) is 11.0. The fourth-order valence-electron chi connectivity index (χ4n) is 3.67. The molecule has 0 fully saturated rings. The number of carbonyl (C=O) groups is 1. The molecule has 5 rings (SSSR count). The van der Waals surface area contributed by atoms with Crippen molar-refractivity contribution < 1.29 is 14.2 Å². The molecule has 8 nitrogen and oxygen atoms in total. The third-order valence-electron chi connectivity index (χ3n) is 5.27. The van der Waals surface area contributed by atoms with Gasteiger partial charge in [0.25, 0.3) is 0 Å². The summed E-state index contributed by atoms with van der Waals surface area (Å²) in [5, 5.41) is 13.4. The van der Waals surface area contributed by atoms with E-state index in [-0.39, 0.29) is 12.5 Å². The van der Waals surface area contributed by atoms with Crippen LogP contribution in [0.15, 0.2) is 97.3 Å². The zero-order valence-electron chi connectivity index (χ0n) is 18.7. The summed E-state index contributed by atoms with van der Waals surface area (Å²) >= 11 is 0. The molecule has 0 radical (unpaired) electrons. The molecule has 168 valence electrons. The van der Waals surface area contributed by atoms with Gasteiger partial charge in [0.05, 0.1) is 23.6 Å². The molecule has 2 aromatic heterocycles. The lowest BCUT2D eigenvalue weighted by Crippen LogP contribution is -2.46. The largest absolute Gasteiger partial charge is 0.463 e. The van der Waals surface area contributed by atoms with Crippen LogP contribution in [0.2, 0.25) is 0 Å². The Kier molecular flexibility index (Phi) is 5.94. The maximum Gasteiger partial charge on any atom is 0.350 e. The van der Waals surface area contributed by atoms with Crippen LogP contribution in [0, 0.1) is 0 Å². The SMILES string of the molecule is CCOC(=O)C[n+]1cc(-c2ccccc2)nn1-c1cccc(-c2cn(-c3ccccc3)nn2)c1. The zero-order chi connectivity index (χ0) is 23.3. The van der Waals surface area contributed by atoms with Crippen LogP contribution in [-0.2, 0) is 16.1 Å². The Labute approximate surface area is 196 Å². The number of hydrogen-bond acceptors (Lipinski definition) is 5. The maximum absolute atomic E-state index is 12.3. The topological polar surface area (TPSA) is 78.7 Å². The van der Waals surface area contributed by atoms with Gasteiger partial charge in [-0.15, -0.1) is 9.78 Å². The average Bonchev–Trinajstić information content (AvgIpc) is 3.54.